The molecule has 1 fully saturated rings. The van der Waals surface area contributed by atoms with Crippen molar-refractivity contribution in [1.29, 1.82) is 0 Å². The first-order valence-electron chi connectivity index (χ1n) is 7.93. The summed E-state index contributed by atoms with van der Waals surface area (Å²) >= 11 is 0. The van der Waals surface area contributed by atoms with E-state index in [9.17, 15) is 0 Å². The van der Waals surface area contributed by atoms with E-state index in [0.717, 1.165) is 0 Å². The van der Waals surface area contributed by atoms with Crippen LogP contribution in [-0.4, -0.2) is 0 Å². The molecule has 1 saturated heterocycles. The van der Waals surface area contributed by atoms with E-state index >= 15 is 0 Å². The Kier molecular flexibility index (Phi) is 4.94. The maximum atomic E-state index is 2.50. The predicted molar refractivity (Wildman–Crippen MR) is 89.5 cm³/mol. The van der Waals surface area contributed by atoms with Crippen LogP contribution in [0.1, 0.15) is 34.7 Å². The summed E-state index contributed by atoms with van der Waals surface area (Å²) in [7, 11) is 0. The average molecular weight is 366 g/mol. The molecule has 1 aliphatic heterocycles. The van der Waals surface area contributed by atoms with Crippen LogP contribution in [0, 0.1) is 0 Å². The molecule has 0 radical (unpaired) electrons. The van der Waals surface area contributed by atoms with Crippen molar-refractivity contribution in [2.24, 2.45) is 0 Å². The molecule has 0 aromatic heterocycles. The van der Waals surface area contributed by atoms with E-state index in [4.69, 9.17) is 0 Å². The lowest BCUT2D eigenvalue weighted by molar-refractivity contribution is -0.801. The summed E-state index contributed by atoms with van der Waals surface area (Å²) in [6.07, 6.45) is 0. The third-order valence-electron chi connectivity index (χ3n) is 4.74. The van der Waals surface area contributed by atoms with Crippen LogP contribution in [0.15, 0.2) is 91.0 Å². The number of hydrogen-bond donors (Lipinski definition) is 1. The van der Waals surface area contributed by atoms with Gasteiger partial charge < -0.3 is 22.3 Å². The van der Waals surface area contributed by atoms with Crippen molar-refractivity contribution in [3.05, 3.63) is 108 Å². The lowest BCUT2D eigenvalue weighted by Gasteiger charge is -2.42. The highest BCUT2D eigenvalue weighted by atomic mass is 79.9. The first-order valence-corrected chi connectivity index (χ1v) is 7.93. The summed E-state index contributed by atoms with van der Waals surface area (Å²) in [5.74, 6) is 0.533. The molecule has 1 heterocycles. The molecule has 1 unspecified atom stereocenters. The van der Waals surface area contributed by atoms with Gasteiger partial charge in [0.15, 0.2) is 0 Å². The fourth-order valence-electron chi connectivity index (χ4n) is 3.62. The maximum absolute atomic E-state index is 2.50. The Bertz CT molecular complexity index is 682. The van der Waals surface area contributed by atoms with Crippen molar-refractivity contribution in [3.63, 3.8) is 0 Å². The molecule has 0 bridgehead atoms. The van der Waals surface area contributed by atoms with E-state index in [-0.39, 0.29) is 17.0 Å². The molecule has 23 heavy (non-hydrogen) atoms. The van der Waals surface area contributed by atoms with Gasteiger partial charge in [-0.3, -0.25) is 0 Å². The number of hydrogen-bond acceptors (Lipinski definition) is 0. The molecule has 0 aliphatic carbocycles. The second-order valence-corrected chi connectivity index (χ2v) is 6.00. The zero-order chi connectivity index (χ0) is 14.8. The average Bonchev–Trinajstić information content (AvgIpc) is 2.57. The molecule has 3 aromatic rings. The van der Waals surface area contributed by atoms with Crippen LogP contribution in [0.3, 0.4) is 0 Å². The molecule has 0 spiro atoms. The van der Waals surface area contributed by atoms with Gasteiger partial charge in [-0.15, -0.1) is 0 Å². The number of rotatable bonds is 3. The van der Waals surface area contributed by atoms with Crippen LogP contribution < -0.4 is 22.3 Å². The SMILES string of the molecule is [Br-].c1ccc(C2[C@@H](c3ccccc3)[NH2+][C@H]2c2ccccc2)cc1. The standard InChI is InChI=1S/C21H19N.BrH/c1-4-10-16(11-5-1)19-20(17-12-6-2-7-13-17)22-21(19)18-14-8-3-9-15-18;/h1-15,19-22H;1H/t19?,20-,21+;. The number of nitrogens with two attached hydrogens (primary N) is 1. The Morgan fingerprint density at radius 3 is 1.22 bits per heavy atom. The first-order chi connectivity index (χ1) is 10.9. The van der Waals surface area contributed by atoms with Crippen LogP contribution in [0.5, 0.6) is 0 Å². The molecule has 3 atom stereocenters. The zero-order valence-electron chi connectivity index (χ0n) is 12.8. The Morgan fingerprint density at radius 1 is 0.478 bits per heavy atom. The maximum Gasteiger partial charge on any atom is 0.125 e. The topological polar surface area (TPSA) is 16.6 Å². The van der Waals surface area contributed by atoms with Gasteiger partial charge in [0, 0.05) is 11.1 Å². The smallest absolute Gasteiger partial charge is 0.125 e. The van der Waals surface area contributed by atoms with Crippen LogP contribution in [-0.2, 0) is 0 Å². The fraction of sp³-hybridized carbons (Fsp3) is 0.143. The Morgan fingerprint density at radius 2 is 0.826 bits per heavy atom. The minimum atomic E-state index is 0. The highest BCUT2D eigenvalue weighted by molar-refractivity contribution is 5.33. The summed E-state index contributed by atoms with van der Waals surface area (Å²) in [4.78, 5) is 0. The summed E-state index contributed by atoms with van der Waals surface area (Å²) in [5.41, 5.74) is 4.28. The molecular formula is C21H20BrN. The Balaban J connectivity index is 0.00000156. The van der Waals surface area contributed by atoms with Crippen LogP contribution in [0.25, 0.3) is 0 Å². The number of quaternary nitrogens is 1. The minimum Gasteiger partial charge on any atom is -1.00 e. The van der Waals surface area contributed by atoms with Gasteiger partial charge in [-0.1, -0.05) is 91.0 Å². The number of halogens is 1. The van der Waals surface area contributed by atoms with Gasteiger partial charge in [0.2, 0.25) is 0 Å². The van der Waals surface area contributed by atoms with Crippen molar-refractivity contribution in [3.8, 4) is 0 Å². The van der Waals surface area contributed by atoms with Crippen molar-refractivity contribution in [1.82, 2.24) is 0 Å². The second kappa shape index (κ2) is 7.12. The summed E-state index contributed by atoms with van der Waals surface area (Å²) in [6.45, 7) is 0. The van der Waals surface area contributed by atoms with Crippen LogP contribution >= 0.6 is 0 Å². The van der Waals surface area contributed by atoms with Crippen molar-refractivity contribution in [2.75, 3.05) is 0 Å². The molecule has 4 rings (SSSR count). The molecule has 1 aliphatic rings. The van der Waals surface area contributed by atoms with Gasteiger partial charge in [-0.2, -0.15) is 0 Å². The normalized spacial score (nSPS) is 22.7. The lowest BCUT2D eigenvalue weighted by Crippen LogP contribution is -3.00. The molecule has 116 valence electrons. The van der Waals surface area contributed by atoms with Crippen molar-refractivity contribution >= 4 is 0 Å². The lowest BCUT2D eigenvalue weighted by atomic mass is 9.72. The van der Waals surface area contributed by atoms with Crippen molar-refractivity contribution in [2.45, 2.75) is 18.0 Å². The molecular weight excluding hydrogens is 346 g/mol. The van der Waals surface area contributed by atoms with E-state index in [2.05, 4.69) is 96.3 Å². The molecule has 1 nitrogen and oxygen atoms in total. The predicted octanol–water partition coefficient (Wildman–Crippen LogP) is 0.834. The molecule has 0 saturated carbocycles. The monoisotopic (exact) mass is 365 g/mol. The molecule has 2 heteroatoms. The van der Waals surface area contributed by atoms with Crippen LogP contribution in [0.4, 0.5) is 0 Å². The summed E-state index contributed by atoms with van der Waals surface area (Å²) in [5, 5.41) is 2.50. The van der Waals surface area contributed by atoms with Gasteiger partial charge in [-0.25, -0.2) is 0 Å². The van der Waals surface area contributed by atoms with Gasteiger partial charge in [0.1, 0.15) is 12.1 Å². The van der Waals surface area contributed by atoms with E-state index in [1.165, 1.54) is 16.7 Å². The third-order valence-corrected chi connectivity index (χ3v) is 4.74. The quantitative estimate of drug-likeness (QED) is 0.708. The minimum absolute atomic E-state index is 0. The van der Waals surface area contributed by atoms with E-state index < -0.39 is 0 Å². The molecule has 0 amide bonds. The fourth-order valence-corrected chi connectivity index (χ4v) is 3.62. The van der Waals surface area contributed by atoms with Crippen LogP contribution in [0.2, 0.25) is 0 Å². The molecule has 3 aromatic carbocycles. The largest absolute Gasteiger partial charge is 1.00 e. The van der Waals surface area contributed by atoms with Crippen molar-refractivity contribution < 1.29 is 22.3 Å². The first kappa shape index (κ1) is 16.0. The summed E-state index contributed by atoms with van der Waals surface area (Å²) in [6, 6.07) is 33.7. The van der Waals surface area contributed by atoms with E-state index in [1.54, 1.807) is 0 Å². The highest BCUT2D eigenvalue weighted by Crippen LogP contribution is 2.43. The van der Waals surface area contributed by atoms with Gasteiger partial charge >= 0.3 is 0 Å². The Hall–Kier alpha value is -1.90. The summed E-state index contributed by atoms with van der Waals surface area (Å²) < 4.78 is 0. The Labute approximate surface area is 148 Å². The van der Waals surface area contributed by atoms with E-state index in [0.29, 0.717) is 18.0 Å². The molecule has 2 N–H and O–H groups in total. The van der Waals surface area contributed by atoms with Gasteiger partial charge in [0.05, 0.1) is 5.92 Å². The third kappa shape index (κ3) is 3.10. The van der Waals surface area contributed by atoms with Gasteiger partial charge in [0.25, 0.3) is 0 Å². The van der Waals surface area contributed by atoms with E-state index in [1.807, 2.05) is 0 Å². The highest BCUT2D eigenvalue weighted by Gasteiger charge is 2.47. The van der Waals surface area contributed by atoms with Gasteiger partial charge in [-0.05, 0) is 5.56 Å². The number of benzene rings is 3. The second-order valence-electron chi connectivity index (χ2n) is 6.00. The zero-order valence-corrected chi connectivity index (χ0v) is 14.4.